The van der Waals surface area contributed by atoms with Gasteiger partial charge in [0.25, 0.3) is 11.7 Å². The fourth-order valence-electron chi connectivity index (χ4n) is 4.31. The lowest BCUT2D eigenvalue weighted by molar-refractivity contribution is -0.140. The van der Waals surface area contributed by atoms with Crippen molar-refractivity contribution in [3.63, 3.8) is 0 Å². The van der Waals surface area contributed by atoms with Gasteiger partial charge in [-0.15, -0.1) is 11.3 Å². The van der Waals surface area contributed by atoms with E-state index in [9.17, 15) is 19.8 Å². The number of hydrogen-bond donors (Lipinski definition) is 2. The highest BCUT2D eigenvalue weighted by Gasteiger charge is 2.46. The molecule has 0 aliphatic carbocycles. The standard InChI is InChI=1S/C28H29NO7S/c1-4-34-18-10-11-20(22(15-18)35-5-2)26(31)24-25(17-9-12-21(30)23(14-17)36-6-3)29(28(33)27(24)32)16-19-8-7-13-37-19/h7-15,25,30-31H,4-6,16H2,1-3H3/b26-24+. The van der Waals surface area contributed by atoms with Gasteiger partial charge >= 0.3 is 0 Å². The smallest absolute Gasteiger partial charge is 0.295 e. The van der Waals surface area contributed by atoms with E-state index in [0.717, 1.165) is 4.88 Å². The molecule has 0 saturated carbocycles. The van der Waals surface area contributed by atoms with Crippen LogP contribution in [0, 0.1) is 0 Å². The topological polar surface area (TPSA) is 106 Å². The number of aromatic hydroxyl groups is 1. The van der Waals surface area contributed by atoms with Crippen LogP contribution in [0.15, 0.2) is 59.5 Å². The van der Waals surface area contributed by atoms with E-state index in [1.54, 1.807) is 37.3 Å². The molecular weight excluding hydrogens is 494 g/mol. The molecule has 1 atom stereocenters. The summed E-state index contributed by atoms with van der Waals surface area (Å²) in [4.78, 5) is 29.0. The molecular formula is C28H29NO7S. The Morgan fingerprint density at radius 3 is 2.35 bits per heavy atom. The second-order valence-electron chi connectivity index (χ2n) is 8.19. The third-order valence-corrected chi connectivity index (χ3v) is 6.73. The van der Waals surface area contributed by atoms with Gasteiger partial charge < -0.3 is 29.3 Å². The number of Topliss-reactive ketones (excluding diaryl/α,β-unsaturated/α-hetero) is 1. The van der Waals surface area contributed by atoms with Gasteiger partial charge in [0, 0.05) is 10.9 Å². The Morgan fingerprint density at radius 1 is 0.946 bits per heavy atom. The Bertz CT molecular complexity index is 1320. The number of carbonyl (C=O) groups is 2. The van der Waals surface area contributed by atoms with E-state index in [-0.39, 0.29) is 34.9 Å². The monoisotopic (exact) mass is 523 g/mol. The van der Waals surface area contributed by atoms with Crippen LogP contribution in [0.3, 0.4) is 0 Å². The first-order chi connectivity index (χ1) is 17.9. The van der Waals surface area contributed by atoms with Gasteiger partial charge in [-0.25, -0.2) is 0 Å². The van der Waals surface area contributed by atoms with E-state index in [2.05, 4.69) is 0 Å². The molecule has 1 aliphatic rings. The van der Waals surface area contributed by atoms with Crippen molar-refractivity contribution in [3.8, 4) is 23.0 Å². The minimum Gasteiger partial charge on any atom is -0.507 e. The van der Waals surface area contributed by atoms with Crippen molar-refractivity contribution in [1.82, 2.24) is 4.90 Å². The third-order valence-electron chi connectivity index (χ3n) is 5.86. The number of ketones is 1. The van der Waals surface area contributed by atoms with Gasteiger partial charge in [-0.2, -0.15) is 0 Å². The van der Waals surface area contributed by atoms with E-state index in [4.69, 9.17) is 14.2 Å². The average Bonchev–Trinajstić information content (AvgIpc) is 3.48. The molecule has 3 aromatic rings. The summed E-state index contributed by atoms with van der Waals surface area (Å²) in [6.07, 6.45) is 0. The molecule has 2 heterocycles. The van der Waals surface area contributed by atoms with Gasteiger partial charge in [-0.3, -0.25) is 9.59 Å². The first kappa shape index (κ1) is 26.1. The first-order valence-electron chi connectivity index (χ1n) is 12.1. The zero-order chi connectivity index (χ0) is 26.5. The maximum atomic E-state index is 13.4. The summed E-state index contributed by atoms with van der Waals surface area (Å²) in [6, 6.07) is 12.4. The molecule has 1 aliphatic heterocycles. The molecule has 2 N–H and O–H groups in total. The Labute approximate surface area is 219 Å². The molecule has 1 aromatic heterocycles. The van der Waals surface area contributed by atoms with Crippen molar-refractivity contribution in [1.29, 1.82) is 0 Å². The number of benzene rings is 2. The maximum absolute atomic E-state index is 13.4. The summed E-state index contributed by atoms with van der Waals surface area (Å²) in [7, 11) is 0. The number of thiophene rings is 1. The number of hydrogen-bond acceptors (Lipinski definition) is 8. The van der Waals surface area contributed by atoms with Crippen molar-refractivity contribution < 1.29 is 34.0 Å². The fourth-order valence-corrected chi connectivity index (χ4v) is 5.01. The van der Waals surface area contributed by atoms with Crippen molar-refractivity contribution in [3.05, 3.63) is 75.5 Å². The van der Waals surface area contributed by atoms with Crippen LogP contribution in [0.5, 0.6) is 23.0 Å². The molecule has 4 rings (SSSR count). The van der Waals surface area contributed by atoms with Crippen LogP contribution in [0.1, 0.15) is 42.8 Å². The van der Waals surface area contributed by atoms with Crippen molar-refractivity contribution in [2.24, 2.45) is 0 Å². The second kappa shape index (κ2) is 11.4. The zero-order valence-corrected chi connectivity index (χ0v) is 21.7. The Balaban J connectivity index is 1.90. The molecule has 0 bridgehead atoms. The van der Waals surface area contributed by atoms with Gasteiger partial charge in [0.15, 0.2) is 11.5 Å². The van der Waals surface area contributed by atoms with Gasteiger partial charge in [-0.1, -0.05) is 12.1 Å². The van der Waals surface area contributed by atoms with Crippen LogP contribution >= 0.6 is 11.3 Å². The summed E-state index contributed by atoms with van der Waals surface area (Å²) in [5, 5.41) is 23.7. The molecule has 2 aromatic carbocycles. The minimum absolute atomic E-state index is 0.0639. The lowest BCUT2D eigenvalue weighted by atomic mass is 9.94. The first-order valence-corrected chi connectivity index (χ1v) is 12.9. The van der Waals surface area contributed by atoms with Crippen LogP contribution in [-0.2, 0) is 16.1 Å². The average molecular weight is 524 g/mol. The van der Waals surface area contributed by atoms with E-state index in [0.29, 0.717) is 36.9 Å². The number of aliphatic hydroxyl groups is 1. The molecule has 1 unspecified atom stereocenters. The lowest BCUT2D eigenvalue weighted by Crippen LogP contribution is -2.28. The van der Waals surface area contributed by atoms with Gasteiger partial charge in [-0.05, 0) is 62.0 Å². The molecule has 1 saturated heterocycles. The molecule has 37 heavy (non-hydrogen) atoms. The van der Waals surface area contributed by atoms with E-state index >= 15 is 0 Å². The minimum atomic E-state index is -0.914. The summed E-state index contributed by atoms with van der Waals surface area (Å²) in [6.45, 7) is 6.72. The number of phenolic OH excluding ortho intramolecular Hbond substituents is 1. The van der Waals surface area contributed by atoms with Gasteiger partial charge in [0.05, 0.1) is 43.5 Å². The maximum Gasteiger partial charge on any atom is 0.295 e. The highest BCUT2D eigenvalue weighted by Crippen LogP contribution is 2.44. The molecule has 1 fully saturated rings. The normalized spacial score (nSPS) is 16.7. The quantitative estimate of drug-likeness (QED) is 0.212. The zero-order valence-electron chi connectivity index (χ0n) is 20.9. The number of likely N-dealkylation sites (tertiary alicyclic amines) is 1. The molecule has 1 amide bonds. The highest BCUT2D eigenvalue weighted by molar-refractivity contribution is 7.09. The number of ether oxygens (including phenoxy) is 3. The number of aliphatic hydroxyl groups excluding tert-OH is 1. The predicted molar refractivity (Wildman–Crippen MR) is 140 cm³/mol. The van der Waals surface area contributed by atoms with E-state index in [1.165, 1.54) is 22.3 Å². The lowest BCUT2D eigenvalue weighted by Gasteiger charge is -2.25. The number of amides is 1. The van der Waals surface area contributed by atoms with Crippen molar-refractivity contribution in [2.75, 3.05) is 19.8 Å². The van der Waals surface area contributed by atoms with Crippen LogP contribution < -0.4 is 14.2 Å². The molecule has 0 radical (unpaired) electrons. The number of phenols is 1. The van der Waals surface area contributed by atoms with E-state index < -0.39 is 17.7 Å². The third kappa shape index (κ3) is 5.27. The molecule has 194 valence electrons. The summed E-state index contributed by atoms with van der Waals surface area (Å²) in [5.41, 5.74) is 0.718. The Kier molecular flexibility index (Phi) is 8.03. The van der Waals surface area contributed by atoms with Crippen LogP contribution in [-0.4, -0.2) is 46.6 Å². The summed E-state index contributed by atoms with van der Waals surface area (Å²) in [5.74, 6) is -0.846. The van der Waals surface area contributed by atoms with Crippen molar-refractivity contribution >= 4 is 28.8 Å². The second-order valence-corrected chi connectivity index (χ2v) is 9.22. The Morgan fingerprint density at radius 2 is 1.68 bits per heavy atom. The van der Waals surface area contributed by atoms with Crippen LogP contribution in [0.25, 0.3) is 5.76 Å². The molecule has 9 heteroatoms. The fraction of sp³-hybridized carbons (Fsp3) is 0.286. The number of carbonyl (C=O) groups excluding carboxylic acids is 2. The van der Waals surface area contributed by atoms with Gasteiger partial charge in [0.2, 0.25) is 0 Å². The van der Waals surface area contributed by atoms with Crippen molar-refractivity contribution in [2.45, 2.75) is 33.4 Å². The van der Waals surface area contributed by atoms with E-state index in [1.807, 2.05) is 31.4 Å². The molecule has 8 nitrogen and oxygen atoms in total. The number of nitrogens with zero attached hydrogens (tertiary/aromatic N) is 1. The highest BCUT2D eigenvalue weighted by atomic mass is 32.1. The summed E-state index contributed by atoms with van der Waals surface area (Å²) < 4.78 is 16.9. The largest absolute Gasteiger partial charge is 0.507 e. The van der Waals surface area contributed by atoms with Crippen LogP contribution in [0.4, 0.5) is 0 Å². The predicted octanol–water partition coefficient (Wildman–Crippen LogP) is 5.27. The SMILES string of the molecule is CCOc1ccc(/C(O)=C2\C(=O)C(=O)N(Cc3cccs3)C2c2ccc(O)c(OCC)c2)c(OCC)c1. The number of rotatable bonds is 10. The van der Waals surface area contributed by atoms with Crippen LogP contribution in [0.2, 0.25) is 0 Å². The molecule has 0 spiro atoms. The van der Waals surface area contributed by atoms with Gasteiger partial charge in [0.1, 0.15) is 17.3 Å². The summed E-state index contributed by atoms with van der Waals surface area (Å²) >= 11 is 1.46. The Hall–Kier alpha value is -3.98.